The van der Waals surface area contributed by atoms with Crippen molar-refractivity contribution in [1.82, 2.24) is 9.88 Å². The number of anilines is 2. The molecule has 1 aliphatic heterocycles. The van der Waals surface area contributed by atoms with E-state index in [0.29, 0.717) is 55.6 Å². The first kappa shape index (κ1) is 25.4. The molecule has 0 bridgehead atoms. The summed E-state index contributed by atoms with van der Waals surface area (Å²) in [4.78, 5) is 33.7. The first-order valence-electron chi connectivity index (χ1n) is 12.5. The summed E-state index contributed by atoms with van der Waals surface area (Å²) in [6.45, 7) is 6.08. The molecule has 1 aromatic heterocycles. The third kappa shape index (κ3) is 5.74. The lowest BCUT2D eigenvalue weighted by atomic mass is 9.98. The first-order chi connectivity index (χ1) is 17.4. The SMILES string of the molecule is C/C=C/C(=O)Nc1cccc(-c2cc(C#N)c(N3CCN(C(=O)CCOC)C(C)C3)nc2C2CC2)c1. The van der Waals surface area contributed by atoms with Gasteiger partial charge in [0.2, 0.25) is 11.8 Å². The van der Waals surface area contributed by atoms with Gasteiger partial charge < -0.3 is 19.9 Å². The summed E-state index contributed by atoms with van der Waals surface area (Å²) < 4.78 is 5.06. The van der Waals surface area contributed by atoms with Gasteiger partial charge in [-0.2, -0.15) is 5.26 Å². The zero-order valence-electron chi connectivity index (χ0n) is 21.2. The zero-order valence-corrected chi connectivity index (χ0v) is 21.2. The van der Waals surface area contributed by atoms with Crippen LogP contribution in [0.25, 0.3) is 11.1 Å². The molecule has 1 aromatic carbocycles. The summed E-state index contributed by atoms with van der Waals surface area (Å²) in [5, 5.41) is 12.9. The number of ether oxygens (including phenoxy) is 1. The number of pyridine rings is 1. The Labute approximate surface area is 212 Å². The Bertz CT molecular complexity index is 1200. The molecule has 1 atom stereocenters. The minimum atomic E-state index is -0.183. The highest BCUT2D eigenvalue weighted by Gasteiger charge is 2.33. The van der Waals surface area contributed by atoms with Crippen LogP contribution in [0.4, 0.5) is 11.5 Å². The van der Waals surface area contributed by atoms with E-state index in [2.05, 4.69) is 16.3 Å². The standard InChI is InChI=1S/C28H33N5O3/c1-4-6-25(34)30-23-8-5-7-21(15-23)24-16-22(17-29)28(31-27(24)20-9-10-20)32-12-13-33(19(2)18-32)26(35)11-14-36-3/h4-8,15-16,19-20H,9-14,18H2,1-3H3,(H,30,34)/b6-4+. The largest absolute Gasteiger partial charge is 0.384 e. The van der Waals surface area contributed by atoms with Crippen molar-refractivity contribution in [2.45, 2.75) is 45.1 Å². The molecule has 0 spiro atoms. The number of hydrogen-bond donors (Lipinski definition) is 1. The van der Waals surface area contributed by atoms with Gasteiger partial charge in [0.05, 0.1) is 24.3 Å². The lowest BCUT2D eigenvalue weighted by molar-refractivity contribution is -0.134. The van der Waals surface area contributed by atoms with E-state index < -0.39 is 0 Å². The molecular formula is C28H33N5O3. The fraction of sp³-hybridized carbons (Fsp3) is 0.429. The van der Waals surface area contributed by atoms with Crippen LogP contribution < -0.4 is 10.2 Å². The molecule has 8 nitrogen and oxygen atoms in total. The lowest BCUT2D eigenvalue weighted by Gasteiger charge is -2.41. The third-order valence-corrected chi connectivity index (χ3v) is 6.64. The number of nitrogens with one attached hydrogen (secondary N) is 1. The van der Waals surface area contributed by atoms with Crippen LogP contribution in [0.5, 0.6) is 0 Å². The van der Waals surface area contributed by atoms with Crippen LogP contribution in [-0.2, 0) is 14.3 Å². The average Bonchev–Trinajstić information content (AvgIpc) is 3.72. The fourth-order valence-corrected chi connectivity index (χ4v) is 4.69. The molecule has 1 N–H and O–H groups in total. The number of methoxy groups -OCH3 is 1. The molecule has 0 radical (unpaired) electrons. The van der Waals surface area contributed by atoms with E-state index in [1.54, 1.807) is 20.1 Å². The van der Waals surface area contributed by atoms with Crippen molar-refractivity contribution in [1.29, 1.82) is 5.26 Å². The summed E-state index contributed by atoms with van der Waals surface area (Å²) in [6.07, 6.45) is 5.69. The van der Waals surface area contributed by atoms with Crippen LogP contribution in [-0.4, -0.2) is 61.1 Å². The number of nitriles is 1. The maximum absolute atomic E-state index is 12.5. The second-order valence-corrected chi connectivity index (χ2v) is 9.37. The van der Waals surface area contributed by atoms with Crippen LogP contribution in [0.15, 0.2) is 42.5 Å². The quantitative estimate of drug-likeness (QED) is 0.563. The second-order valence-electron chi connectivity index (χ2n) is 9.37. The van der Waals surface area contributed by atoms with Crippen LogP contribution in [0.1, 0.15) is 50.3 Å². The maximum atomic E-state index is 12.5. The number of nitrogens with zero attached hydrogens (tertiary/aromatic N) is 4. The summed E-state index contributed by atoms with van der Waals surface area (Å²) in [5.74, 6) is 0.962. The Kier molecular flexibility index (Phi) is 8.01. The van der Waals surface area contributed by atoms with Gasteiger partial charge in [-0.1, -0.05) is 18.2 Å². The molecular weight excluding hydrogens is 454 g/mol. The smallest absolute Gasteiger partial charge is 0.248 e. The number of hydrogen-bond acceptors (Lipinski definition) is 6. The van der Waals surface area contributed by atoms with E-state index in [4.69, 9.17) is 9.72 Å². The molecule has 1 aliphatic carbocycles. The molecule has 188 valence electrons. The normalized spacial score (nSPS) is 17.8. The van der Waals surface area contributed by atoms with Crippen LogP contribution in [0, 0.1) is 11.3 Å². The lowest BCUT2D eigenvalue weighted by Crippen LogP contribution is -2.54. The van der Waals surface area contributed by atoms with Crippen molar-refractivity contribution < 1.29 is 14.3 Å². The summed E-state index contributed by atoms with van der Waals surface area (Å²) in [7, 11) is 1.60. The van der Waals surface area contributed by atoms with Crippen molar-refractivity contribution in [2.75, 3.05) is 43.6 Å². The highest BCUT2D eigenvalue weighted by Crippen LogP contribution is 2.45. The van der Waals surface area contributed by atoms with Crippen LogP contribution >= 0.6 is 0 Å². The van der Waals surface area contributed by atoms with Crippen molar-refractivity contribution in [3.8, 4) is 17.2 Å². The molecule has 8 heteroatoms. The van der Waals surface area contributed by atoms with Gasteiger partial charge in [0.15, 0.2) is 0 Å². The molecule has 2 aromatic rings. The number of benzene rings is 1. The van der Waals surface area contributed by atoms with Crippen LogP contribution in [0.3, 0.4) is 0 Å². The van der Waals surface area contributed by atoms with E-state index in [9.17, 15) is 14.9 Å². The summed E-state index contributed by atoms with van der Waals surface area (Å²) >= 11 is 0. The Morgan fingerprint density at radius 2 is 2.08 bits per heavy atom. The van der Waals surface area contributed by atoms with Crippen molar-refractivity contribution in [3.05, 3.63) is 53.7 Å². The summed E-state index contributed by atoms with van der Waals surface area (Å²) in [6, 6.07) is 12.0. The van der Waals surface area contributed by atoms with Gasteiger partial charge in [0.1, 0.15) is 11.9 Å². The Morgan fingerprint density at radius 3 is 2.75 bits per heavy atom. The van der Waals surface area contributed by atoms with Crippen molar-refractivity contribution in [2.24, 2.45) is 0 Å². The van der Waals surface area contributed by atoms with E-state index in [1.807, 2.05) is 42.2 Å². The fourth-order valence-electron chi connectivity index (χ4n) is 4.69. The molecule has 1 saturated carbocycles. The molecule has 4 rings (SSSR count). The zero-order chi connectivity index (χ0) is 25.7. The molecule has 36 heavy (non-hydrogen) atoms. The maximum Gasteiger partial charge on any atom is 0.248 e. The highest BCUT2D eigenvalue weighted by atomic mass is 16.5. The van der Waals surface area contributed by atoms with Gasteiger partial charge in [0, 0.05) is 50.0 Å². The van der Waals surface area contributed by atoms with Gasteiger partial charge in [-0.25, -0.2) is 4.98 Å². The molecule has 2 amide bonds. The van der Waals surface area contributed by atoms with Gasteiger partial charge in [-0.05, 0) is 56.5 Å². The van der Waals surface area contributed by atoms with Gasteiger partial charge in [0.25, 0.3) is 0 Å². The van der Waals surface area contributed by atoms with Gasteiger partial charge in [-0.3, -0.25) is 9.59 Å². The first-order valence-corrected chi connectivity index (χ1v) is 12.5. The molecule has 1 saturated heterocycles. The number of amides is 2. The van der Waals surface area contributed by atoms with E-state index >= 15 is 0 Å². The van der Waals surface area contributed by atoms with Gasteiger partial charge >= 0.3 is 0 Å². The highest BCUT2D eigenvalue weighted by molar-refractivity contribution is 5.99. The Hall–Kier alpha value is -3.70. The Morgan fingerprint density at radius 1 is 1.28 bits per heavy atom. The van der Waals surface area contributed by atoms with E-state index in [0.717, 1.165) is 29.7 Å². The monoisotopic (exact) mass is 487 g/mol. The minimum absolute atomic E-state index is 0.0120. The predicted molar refractivity (Wildman–Crippen MR) is 140 cm³/mol. The molecule has 2 heterocycles. The molecule has 1 unspecified atom stereocenters. The number of piperazine rings is 1. The molecule has 2 fully saturated rings. The van der Waals surface area contributed by atoms with Crippen molar-refractivity contribution in [3.63, 3.8) is 0 Å². The average molecular weight is 488 g/mol. The number of rotatable bonds is 8. The second kappa shape index (κ2) is 11.4. The topological polar surface area (TPSA) is 98.6 Å². The van der Waals surface area contributed by atoms with Gasteiger partial charge in [-0.15, -0.1) is 0 Å². The Balaban J connectivity index is 1.62. The number of carbonyl (C=O) groups excluding carboxylic acids is 2. The molecule has 2 aliphatic rings. The third-order valence-electron chi connectivity index (χ3n) is 6.64. The van der Waals surface area contributed by atoms with Crippen LogP contribution in [0.2, 0.25) is 0 Å². The summed E-state index contributed by atoms with van der Waals surface area (Å²) in [5.41, 5.74) is 4.06. The number of carbonyl (C=O) groups is 2. The number of aromatic nitrogens is 1. The van der Waals surface area contributed by atoms with E-state index in [-0.39, 0.29) is 17.9 Å². The number of allylic oxidation sites excluding steroid dienone is 1. The minimum Gasteiger partial charge on any atom is -0.384 e. The van der Waals surface area contributed by atoms with E-state index in [1.165, 1.54) is 6.08 Å². The predicted octanol–water partition coefficient (Wildman–Crippen LogP) is 4.09. The van der Waals surface area contributed by atoms with Crippen molar-refractivity contribution >= 4 is 23.3 Å².